The van der Waals surface area contributed by atoms with Crippen molar-refractivity contribution in [3.05, 3.63) is 104 Å². The van der Waals surface area contributed by atoms with Crippen LogP contribution >= 0.6 is 0 Å². The molecule has 0 aliphatic rings. The van der Waals surface area contributed by atoms with E-state index in [1.165, 1.54) is 25.1 Å². The van der Waals surface area contributed by atoms with Gasteiger partial charge in [-0.2, -0.15) is 9.89 Å². The molecule has 0 bridgehead atoms. The van der Waals surface area contributed by atoms with E-state index in [9.17, 15) is 38.6 Å². The van der Waals surface area contributed by atoms with Crippen molar-refractivity contribution in [1.82, 2.24) is 14.5 Å². The lowest BCUT2D eigenvalue weighted by atomic mass is 10.0. The van der Waals surface area contributed by atoms with Crippen molar-refractivity contribution < 1.29 is 28.9 Å². The van der Waals surface area contributed by atoms with Crippen LogP contribution in [0.25, 0.3) is 28.0 Å². The molecule has 3 aromatic carbocycles. The number of hydrogen-bond acceptors (Lipinski definition) is 10. The molecule has 230 valence electrons. The third-order valence-electron chi connectivity index (χ3n) is 7.13. The molecular formula is C31H26F2N6O6. The Morgan fingerprint density at radius 1 is 1.00 bits per heavy atom. The molecule has 0 radical (unpaired) electrons. The summed E-state index contributed by atoms with van der Waals surface area (Å²) in [7, 11) is 0. The number of amides is 1. The van der Waals surface area contributed by atoms with Gasteiger partial charge in [-0.3, -0.25) is 14.2 Å². The first kappa shape index (κ1) is 30.7. The zero-order valence-electron chi connectivity index (χ0n) is 23.9. The van der Waals surface area contributed by atoms with Crippen LogP contribution in [0.15, 0.2) is 70.6 Å². The summed E-state index contributed by atoms with van der Waals surface area (Å²) in [6.07, 6.45) is 0. The number of nitrogens with zero attached hydrogens (tertiary/aromatic N) is 4. The summed E-state index contributed by atoms with van der Waals surface area (Å²) in [5.41, 5.74) is 0.0954. The van der Waals surface area contributed by atoms with Crippen LogP contribution in [0.3, 0.4) is 0 Å². The second kappa shape index (κ2) is 12.5. The molecular weight excluding hydrogens is 590 g/mol. The summed E-state index contributed by atoms with van der Waals surface area (Å²) in [6.45, 7) is 2.35. The molecule has 2 aromatic heterocycles. The maximum absolute atomic E-state index is 15.0. The minimum atomic E-state index is -1.02. The average molecular weight is 617 g/mol. The number of para-hydroxylation sites is 1. The number of rotatable bonds is 9. The van der Waals surface area contributed by atoms with Crippen LogP contribution in [0.1, 0.15) is 21.5 Å². The topological polar surface area (TPSA) is 179 Å². The fraction of sp³-hybridized carbons (Fsp3) is 0.161. The Labute approximate surface area is 253 Å². The van der Waals surface area contributed by atoms with Gasteiger partial charge in [0.2, 0.25) is 5.95 Å². The highest BCUT2D eigenvalue weighted by molar-refractivity contribution is 6.05. The number of nitroso groups, excluding NO2 is 1. The Hall–Kier alpha value is -5.76. The number of benzene rings is 3. The molecule has 45 heavy (non-hydrogen) atoms. The first-order valence-corrected chi connectivity index (χ1v) is 13.5. The number of carbonyl (C=O) groups excluding carboxylic acids is 1. The summed E-state index contributed by atoms with van der Waals surface area (Å²) < 4.78 is 30.7. The number of fused-ring (bicyclic) bond motifs is 1. The van der Waals surface area contributed by atoms with Crippen molar-refractivity contribution in [3.8, 4) is 28.4 Å². The lowest BCUT2D eigenvalue weighted by molar-refractivity contribution is 0.102. The van der Waals surface area contributed by atoms with E-state index < -0.39 is 41.4 Å². The van der Waals surface area contributed by atoms with Gasteiger partial charge >= 0.3 is 0 Å². The molecule has 5 N–H and O–H groups in total. The molecule has 5 rings (SSSR count). The van der Waals surface area contributed by atoms with Crippen LogP contribution in [-0.4, -0.2) is 55.0 Å². The van der Waals surface area contributed by atoms with Gasteiger partial charge in [0.05, 0.1) is 18.3 Å². The van der Waals surface area contributed by atoms with E-state index in [4.69, 9.17) is 0 Å². The van der Waals surface area contributed by atoms with E-state index in [0.29, 0.717) is 11.1 Å². The Kier molecular flexibility index (Phi) is 8.50. The van der Waals surface area contributed by atoms with Crippen molar-refractivity contribution in [2.45, 2.75) is 19.9 Å². The fourth-order valence-electron chi connectivity index (χ4n) is 4.70. The number of anilines is 2. The van der Waals surface area contributed by atoms with Crippen LogP contribution in [0.2, 0.25) is 0 Å². The van der Waals surface area contributed by atoms with Crippen molar-refractivity contribution in [3.63, 3.8) is 0 Å². The largest absolute Gasteiger partial charge is 0.508 e. The number of carbonyl (C=O) groups is 1. The zero-order chi connectivity index (χ0) is 32.4. The number of aliphatic hydroxyl groups is 1. The highest BCUT2D eigenvalue weighted by Crippen LogP contribution is 2.33. The number of hydrogen-bond donors (Lipinski definition) is 5. The standard InChI is InChI=1S/C31H26F2N6O6/c1-15-6-7-18(35-30(44)17-10-24(41)16(2)25(42)11-17)12-21(15)27-20-8-9-26(43)39(28-22(32)4-3-5-23(28)33)29(20)38-31(37-27)36-19(14-40)13-34-45/h3-12,19,40-42H,13-14H2,1-2H3,(H,35,44)(H,36,37,38). The smallest absolute Gasteiger partial charge is 0.256 e. The van der Waals surface area contributed by atoms with Crippen molar-refractivity contribution in [2.24, 2.45) is 5.18 Å². The quantitative estimate of drug-likeness (QED) is 0.149. The van der Waals surface area contributed by atoms with E-state index in [2.05, 4.69) is 25.8 Å². The minimum absolute atomic E-state index is 0.00791. The van der Waals surface area contributed by atoms with Crippen molar-refractivity contribution in [1.29, 1.82) is 0 Å². The molecule has 5 aromatic rings. The molecule has 1 atom stereocenters. The van der Waals surface area contributed by atoms with E-state index in [0.717, 1.165) is 28.8 Å². The fourth-order valence-corrected chi connectivity index (χ4v) is 4.70. The van der Waals surface area contributed by atoms with Crippen molar-refractivity contribution in [2.75, 3.05) is 23.8 Å². The molecule has 12 nitrogen and oxygen atoms in total. The van der Waals surface area contributed by atoms with Gasteiger partial charge in [0, 0.05) is 33.8 Å². The number of aryl methyl sites for hydroxylation is 1. The molecule has 2 heterocycles. The number of halogens is 2. The Bertz CT molecular complexity index is 1990. The molecule has 14 heteroatoms. The van der Waals surface area contributed by atoms with Gasteiger partial charge in [0.15, 0.2) is 5.65 Å². The zero-order valence-corrected chi connectivity index (χ0v) is 23.9. The van der Waals surface area contributed by atoms with Crippen LogP contribution in [-0.2, 0) is 0 Å². The number of aromatic nitrogens is 3. The molecule has 0 spiro atoms. The van der Waals surface area contributed by atoms with E-state index in [-0.39, 0.29) is 57.5 Å². The van der Waals surface area contributed by atoms with Gasteiger partial charge in [-0.25, -0.2) is 13.8 Å². The SMILES string of the molecule is Cc1ccc(NC(=O)c2cc(O)c(C)c(O)c2)cc1-c1nc(NC(CO)CN=O)nc2c1ccc(=O)n2-c1c(F)cccc1F. The Morgan fingerprint density at radius 3 is 2.33 bits per heavy atom. The van der Waals surface area contributed by atoms with Gasteiger partial charge in [-0.05, 0) is 61.9 Å². The second-order valence-corrected chi connectivity index (χ2v) is 10.2. The minimum Gasteiger partial charge on any atom is -0.508 e. The maximum Gasteiger partial charge on any atom is 0.256 e. The highest BCUT2D eigenvalue weighted by Gasteiger charge is 2.22. The van der Waals surface area contributed by atoms with Gasteiger partial charge in [-0.15, -0.1) is 0 Å². The summed E-state index contributed by atoms with van der Waals surface area (Å²) in [4.78, 5) is 45.9. The monoisotopic (exact) mass is 616 g/mol. The molecule has 1 unspecified atom stereocenters. The summed E-state index contributed by atoms with van der Waals surface area (Å²) in [5.74, 6) is -3.39. The second-order valence-electron chi connectivity index (χ2n) is 10.2. The highest BCUT2D eigenvalue weighted by atomic mass is 19.1. The normalized spacial score (nSPS) is 11.8. The van der Waals surface area contributed by atoms with Gasteiger partial charge in [0.25, 0.3) is 11.5 Å². The van der Waals surface area contributed by atoms with E-state index >= 15 is 0 Å². The molecule has 0 saturated heterocycles. The number of aromatic hydroxyl groups is 2. The number of aliphatic hydroxyl groups excluding tert-OH is 1. The molecule has 1 amide bonds. The first-order valence-electron chi connectivity index (χ1n) is 13.5. The third-order valence-corrected chi connectivity index (χ3v) is 7.13. The van der Waals surface area contributed by atoms with Gasteiger partial charge in [-0.1, -0.05) is 17.3 Å². The molecule has 0 aliphatic carbocycles. The summed E-state index contributed by atoms with van der Waals surface area (Å²) >= 11 is 0. The van der Waals surface area contributed by atoms with Crippen molar-refractivity contribution >= 4 is 28.6 Å². The van der Waals surface area contributed by atoms with E-state index in [1.54, 1.807) is 25.1 Å². The lowest BCUT2D eigenvalue weighted by Gasteiger charge is -2.18. The average Bonchev–Trinajstić information content (AvgIpc) is 3.00. The number of phenolic OH excluding ortho intramolecular Hbond substituents is 2. The van der Waals surface area contributed by atoms with Gasteiger partial charge < -0.3 is 26.0 Å². The Morgan fingerprint density at radius 2 is 1.69 bits per heavy atom. The molecule has 0 aliphatic heterocycles. The van der Waals surface area contributed by atoms with Crippen LogP contribution in [0, 0.1) is 30.4 Å². The molecule has 0 saturated carbocycles. The third kappa shape index (κ3) is 6.03. The lowest BCUT2D eigenvalue weighted by Crippen LogP contribution is -2.28. The number of nitrogens with one attached hydrogen (secondary N) is 2. The van der Waals surface area contributed by atoms with Crippen LogP contribution in [0.4, 0.5) is 20.4 Å². The van der Waals surface area contributed by atoms with E-state index in [1.807, 2.05) is 0 Å². The summed E-state index contributed by atoms with van der Waals surface area (Å²) in [5, 5.41) is 38.3. The van der Waals surface area contributed by atoms with Crippen LogP contribution < -0.4 is 16.2 Å². The van der Waals surface area contributed by atoms with Gasteiger partial charge in [0.1, 0.15) is 35.4 Å². The predicted octanol–water partition coefficient (Wildman–Crippen LogP) is 4.55. The molecule has 0 fully saturated rings. The number of phenols is 2. The maximum atomic E-state index is 15.0. The van der Waals surface area contributed by atoms with Crippen LogP contribution in [0.5, 0.6) is 11.5 Å². The first-order chi connectivity index (χ1) is 21.5. The predicted molar refractivity (Wildman–Crippen MR) is 163 cm³/mol. The number of pyridine rings is 1. The summed E-state index contributed by atoms with van der Waals surface area (Å²) in [6, 6.07) is 12.0. The Balaban J connectivity index is 1.71.